The number of thiazole rings is 1. The highest BCUT2D eigenvalue weighted by molar-refractivity contribution is 7.13. The third kappa shape index (κ3) is 5.61. The van der Waals surface area contributed by atoms with Gasteiger partial charge in [0.15, 0.2) is 11.5 Å². The fourth-order valence-corrected chi connectivity index (χ4v) is 3.49. The van der Waals surface area contributed by atoms with Crippen LogP contribution in [0, 0.1) is 0 Å². The molecule has 30 heavy (non-hydrogen) atoms. The van der Waals surface area contributed by atoms with Crippen LogP contribution in [0.5, 0.6) is 17.2 Å². The number of hydrogen-bond donors (Lipinski definition) is 0. The van der Waals surface area contributed by atoms with E-state index in [1.807, 2.05) is 54.8 Å². The molecule has 7 heteroatoms. The number of hydrogen-bond acceptors (Lipinski definition) is 7. The highest BCUT2D eigenvalue weighted by atomic mass is 32.1. The zero-order valence-corrected chi connectivity index (χ0v) is 17.9. The SMILES string of the molecule is CCOc1ccc(-c2nc(COC(=O)C=Cc3cccc(OC)c3)cs2)cc1OC. The lowest BCUT2D eigenvalue weighted by atomic mass is 10.2. The summed E-state index contributed by atoms with van der Waals surface area (Å²) in [5.41, 5.74) is 2.45. The molecule has 0 aliphatic heterocycles. The summed E-state index contributed by atoms with van der Waals surface area (Å²) in [6.07, 6.45) is 3.07. The molecular weight excluding hydrogens is 402 g/mol. The molecule has 0 saturated heterocycles. The molecule has 2 aromatic carbocycles. The maximum atomic E-state index is 12.0. The van der Waals surface area contributed by atoms with Gasteiger partial charge in [0.1, 0.15) is 17.4 Å². The summed E-state index contributed by atoms with van der Waals surface area (Å²) in [4.78, 5) is 16.6. The predicted octanol–water partition coefficient (Wildman–Crippen LogP) is 4.98. The van der Waals surface area contributed by atoms with E-state index in [1.54, 1.807) is 20.3 Å². The smallest absolute Gasteiger partial charge is 0.331 e. The second kappa shape index (κ2) is 10.5. The fraction of sp³-hybridized carbons (Fsp3) is 0.217. The number of nitrogens with zero attached hydrogens (tertiary/aromatic N) is 1. The van der Waals surface area contributed by atoms with E-state index < -0.39 is 5.97 Å². The van der Waals surface area contributed by atoms with Gasteiger partial charge in [-0.25, -0.2) is 9.78 Å². The molecule has 0 spiro atoms. The van der Waals surface area contributed by atoms with Crippen LogP contribution in [0.2, 0.25) is 0 Å². The molecule has 0 aliphatic rings. The Bertz CT molecular complexity index is 1030. The average molecular weight is 426 g/mol. The molecule has 0 bridgehead atoms. The first-order valence-corrected chi connectivity index (χ1v) is 10.3. The van der Waals surface area contributed by atoms with Crippen molar-refractivity contribution >= 4 is 23.4 Å². The molecule has 0 unspecified atom stereocenters. The average Bonchev–Trinajstić information content (AvgIpc) is 3.26. The van der Waals surface area contributed by atoms with Crippen LogP contribution in [0.15, 0.2) is 53.9 Å². The third-order valence-corrected chi connectivity index (χ3v) is 5.07. The van der Waals surface area contributed by atoms with Gasteiger partial charge in [-0.15, -0.1) is 11.3 Å². The zero-order chi connectivity index (χ0) is 21.3. The van der Waals surface area contributed by atoms with Crippen LogP contribution in [0.25, 0.3) is 16.6 Å². The minimum Gasteiger partial charge on any atom is -0.497 e. The molecule has 0 atom stereocenters. The maximum absolute atomic E-state index is 12.0. The zero-order valence-electron chi connectivity index (χ0n) is 17.1. The normalized spacial score (nSPS) is 10.8. The van der Waals surface area contributed by atoms with Gasteiger partial charge in [0.2, 0.25) is 0 Å². The van der Waals surface area contributed by atoms with E-state index in [-0.39, 0.29) is 6.61 Å². The minimum atomic E-state index is -0.435. The van der Waals surface area contributed by atoms with E-state index in [0.29, 0.717) is 23.8 Å². The minimum absolute atomic E-state index is 0.103. The van der Waals surface area contributed by atoms with Crippen molar-refractivity contribution in [3.63, 3.8) is 0 Å². The van der Waals surface area contributed by atoms with E-state index in [9.17, 15) is 4.79 Å². The summed E-state index contributed by atoms with van der Waals surface area (Å²) >= 11 is 1.48. The highest BCUT2D eigenvalue weighted by Gasteiger charge is 2.11. The van der Waals surface area contributed by atoms with Crippen molar-refractivity contribution in [2.45, 2.75) is 13.5 Å². The molecule has 0 N–H and O–H groups in total. The summed E-state index contributed by atoms with van der Waals surface area (Å²) in [6, 6.07) is 13.1. The van der Waals surface area contributed by atoms with E-state index in [0.717, 1.165) is 21.9 Å². The number of rotatable bonds is 9. The highest BCUT2D eigenvalue weighted by Crippen LogP contribution is 2.33. The number of carbonyl (C=O) groups is 1. The quantitative estimate of drug-likeness (QED) is 0.356. The molecule has 0 amide bonds. The fourth-order valence-electron chi connectivity index (χ4n) is 2.68. The summed E-state index contributed by atoms with van der Waals surface area (Å²) < 4.78 is 21.4. The number of carbonyl (C=O) groups excluding carboxylic acids is 1. The number of methoxy groups -OCH3 is 2. The Balaban J connectivity index is 1.60. The Labute approximate surface area is 179 Å². The molecule has 0 fully saturated rings. The van der Waals surface area contributed by atoms with Gasteiger partial charge in [-0.05, 0) is 48.9 Å². The molecule has 0 radical (unpaired) electrons. The first kappa shape index (κ1) is 21.4. The lowest BCUT2D eigenvalue weighted by Crippen LogP contribution is -2.01. The van der Waals surface area contributed by atoms with Gasteiger partial charge in [-0.1, -0.05) is 12.1 Å². The van der Waals surface area contributed by atoms with Gasteiger partial charge in [0.25, 0.3) is 0 Å². The first-order chi connectivity index (χ1) is 14.6. The number of esters is 1. The Morgan fingerprint density at radius 1 is 1.10 bits per heavy atom. The summed E-state index contributed by atoms with van der Waals surface area (Å²) in [5, 5.41) is 2.69. The Morgan fingerprint density at radius 3 is 2.73 bits per heavy atom. The van der Waals surface area contributed by atoms with Crippen LogP contribution in [-0.4, -0.2) is 31.8 Å². The molecule has 156 valence electrons. The van der Waals surface area contributed by atoms with Crippen LogP contribution < -0.4 is 14.2 Å². The lowest BCUT2D eigenvalue weighted by Gasteiger charge is -2.09. The van der Waals surface area contributed by atoms with Gasteiger partial charge >= 0.3 is 5.97 Å². The van der Waals surface area contributed by atoms with E-state index in [1.165, 1.54) is 17.4 Å². The number of benzene rings is 2. The molecule has 6 nitrogen and oxygen atoms in total. The topological polar surface area (TPSA) is 66.9 Å². The molecule has 0 saturated carbocycles. The Kier molecular flexibility index (Phi) is 7.45. The van der Waals surface area contributed by atoms with Crippen molar-refractivity contribution in [3.8, 4) is 27.8 Å². The largest absolute Gasteiger partial charge is 0.497 e. The molecule has 0 aliphatic carbocycles. The van der Waals surface area contributed by atoms with Crippen LogP contribution in [-0.2, 0) is 16.1 Å². The van der Waals surface area contributed by atoms with Gasteiger partial charge in [0.05, 0.1) is 26.5 Å². The van der Waals surface area contributed by atoms with E-state index >= 15 is 0 Å². The number of ether oxygens (including phenoxy) is 4. The summed E-state index contributed by atoms with van der Waals surface area (Å²) in [5.74, 6) is 1.64. The molecule has 3 rings (SSSR count). The summed E-state index contributed by atoms with van der Waals surface area (Å²) in [6.45, 7) is 2.59. The predicted molar refractivity (Wildman–Crippen MR) is 117 cm³/mol. The van der Waals surface area contributed by atoms with Gasteiger partial charge in [0, 0.05) is 17.0 Å². The third-order valence-electron chi connectivity index (χ3n) is 4.13. The molecule has 1 heterocycles. The molecule has 3 aromatic rings. The maximum Gasteiger partial charge on any atom is 0.331 e. The standard InChI is InChI=1S/C23H23NO5S/c1-4-28-20-10-9-17(13-21(20)27-3)23-24-18(15-30-23)14-29-22(25)11-8-16-6-5-7-19(12-16)26-2/h5-13,15H,4,14H2,1-3H3. The number of aromatic nitrogens is 1. The van der Waals surface area contributed by atoms with Crippen LogP contribution >= 0.6 is 11.3 Å². The second-order valence-corrected chi connectivity index (χ2v) is 7.02. The van der Waals surface area contributed by atoms with E-state index in [4.69, 9.17) is 18.9 Å². The first-order valence-electron chi connectivity index (χ1n) is 9.37. The summed E-state index contributed by atoms with van der Waals surface area (Å²) in [7, 11) is 3.20. The van der Waals surface area contributed by atoms with E-state index in [2.05, 4.69) is 4.98 Å². The van der Waals surface area contributed by atoms with Crippen LogP contribution in [0.4, 0.5) is 0 Å². The van der Waals surface area contributed by atoms with Gasteiger partial charge in [-0.3, -0.25) is 0 Å². The van der Waals surface area contributed by atoms with Crippen molar-refractivity contribution in [1.29, 1.82) is 0 Å². The van der Waals surface area contributed by atoms with Crippen molar-refractivity contribution < 1.29 is 23.7 Å². The Morgan fingerprint density at radius 2 is 1.97 bits per heavy atom. The lowest BCUT2D eigenvalue weighted by molar-refractivity contribution is -0.139. The van der Waals surface area contributed by atoms with Crippen molar-refractivity contribution in [2.24, 2.45) is 0 Å². The second-order valence-electron chi connectivity index (χ2n) is 6.16. The van der Waals surface area contributed by atoms with Gasteiger partial charge in [-0.2, -0.15) is 0 Å². The van der Waals surface area contributed by atoms with Crippen molar-refractivity contribution in [1.82, 2.24) is 4.98 Å². The van der Waals surface area contributed by atoms with Crippen molar-refractivity contribution in [2.75, 3.05) is 20.8 Å². The molecular formula is C23H23NO5S. The Hall–Kier alpha value is -3.32. The van der Waals surface area contributed by atoms with Gasteiger partial charge < -0.3 is 18.9 Å². The van der Waals surface area contributed by atoms with Crippen LogP contribution in [0.1, 0.15) is 18.2 Å². The van der Waals surface area contributed by atoms with Crippen molar-refractivity contribution in [3.05, 3.63) is 65.2 Å². The van der Waals surface area contributed by atoms with Crippen LogP contribution in [0.3, 0.4) is 0 Å². The monoisotopic (exact) mass is 425 g/mol. The molecule has 1 aromatic heterocycles.